The van der Waals surface area contributed by atoms with Gasteiger partial charge < -0.3 is 15.1 Å². The molecule has 308 valence electrons. The molecule has 0 radical (unpaired) electrons. The van der Waals surface area contributed by atoms with Crippen LogP contribution in [-0.2, 0) is 21.4 Å². The van der Waals surface area contributed by atoms with Gasteiger partial charge in [0.1, 0.15) is 11.6 Å². The Morgan fingerprint density at radius 1 is 0.881 bits per heavy atom. The molecule has 10 nitrogen and oxygen atoms in total. The van der Waals surface area contributed by atoms with Gasteiger partial charge in [-0.15, -0.1) is 11.3 Å². The molecule has 6 heterocycles. The van der Waals surface area contributed by atoms with Crippen LogP contribution < -0.4 is 15.5 Å². The van der Waals surface area contributed by atoms with Crippen LogP contribution in [0.15, 0.2) is 73.1 Å². The van der Waals surface area contributed by atoms with Crippen LogP contribution in [0, 0.1) is 11.7 Å². The number of aromatic nitrogens is 4. The molecule has 1 unspecified atom stereocenters. The fraction of sp³-hybridized carbons (Fsp3) is 0.447. The minimum Gasteiger partial charge on any atom is -0.357 e. The van der Waals surface area contributed by atoms with E-state index in [-0.39, 0.29) is 29.0 Å². The monoisotopic (exact) mass is 814 g/mol. The largest absolute Gasteiger partial charge is 0.357 e. The number of anilines is 3. The Balaban J connectivity index is 0.838. The number of hydrogen-bond donors (Lipinski definition) is 2. The first kappa shape index (κ1) is 40.7. The Morgan fingerprint density at radius 3 is 2.34 bits per heavy atom. The van der Waals surface area contributed by atoms with Crippen molar-refractivity contribution in [2.45, 2.75) is 96.3 Å². The van der Waals surface area contributed by atoms with Crippen molar-refractivity contribution in [3.63, 3.8) is 0 Å². The van der Waals surface area contributed by atoms with E-state index in [2.05, 4.69) is 77.4 Å². The fourth-order valence-corrected chi connectivity index (χ4v) is 9.80. The van der Waals surface area contributed by atoms with E-state index in [9.17, 15) is 9.59 Å². The molecule has 3 fully saturated rings. The Bertz CT molecular complexity index is 2260. The number of nitrogens with zero attached hydrogens (tertiary/aromatic N) is 6. The van der Waals surface area contributed by atoms with Gasteiger partial charge in [0.2, 0.25) is 17.8 Å². The van der Waals surface area contributed by atoms with E-state index in [0.717, 1.165) is 97.5 Å². The average Bonchev–Trinajstić information content (AvgIpc) is 3.70. The van der Waals surface area contributed by atoms with Gasteiger partial charge in [-0.25, -0.2) is 24.3 Å². The SMILES string of the molecule is CCCc1cccc(-c2nc(C(C)(C)C)sc2-c2ccnc(Nc3ccc(C4CCN(CC5CCN(c6ccc(C7CCC(=O)NC7=O)cn6)CC5)CC4)cc3)n2)c1F. The van der Waals surface area contributed by atoms with Gasteiger partial charge in [0.15, 0.2) is 0 Å². The number of likely N-dealkylation sites (tertiary alicyclic amines) is 1. The first-order chi connectivity index (χ1) is 28.5. The zero-order valence-corrected chi connectivity index (χ0v) is 35.5. The molecule has 5 aromatic rings. The first-order valence-corrected chi connectivity index (χ1v) is 22.1. The van der Waals surface area contributed by atoms with E-state index in [1.54, 1.807) is 17.5 Å². The number of rotatable bonds is 11. The second kappa shape index (κ2) is 17.6. The number of hydrogen-bond acceptors (Lipinski definition) is 10. The average molecular weight is 815 g/mol. The highest BCUT2D eigenvalue weighted by Crippen LogP contribution is 2.42. The van der Waals surface area contributed by atoms with Crippen molar-refractivity contribution in [1.82, 2.24) is 30.2 Å². The topological polar surface area (TPSA) is 116 Å². The van der Waals surface area contributed by atoms with Gasteiger partial charge in [-0.1, -0.05) is 64.4 Å². The fourth-order valence-electron chi connectivity index (χ4n) is 8.70. The molecule has 2 aromatic carbocycles. The second-order valence-electron chi connectivity index (χ2n) is 17.4. The molecule has 2 amide bonds. The number of nitrogens with one attached hydrogen (secondary N) is 2. The summed E-state index contributed by atoms with van der Waals surface area (Å²) < 4.78 is 15.8. The van der Waals surface area contributed by atoms with Crippen molar-refractivity contribution < 1.29 is 14.0 Å². The van der Waals surface area contributed by atoms with Crippen LogP contribution in [0.4, 0.5) is 21.8 Å². The normalized spacial score (nSPS) is 18.6. The standard InChI is InChI=1S/C47H55FN8O2S/c1-5-7-33-8-6-9-37(41(33)48)42-43(59-45(54-42)47(2,3)4)38-18-23-49-46(52-38)51-35-13-10-31(11-14-35)32-21-24-55(25-22-32)29-30-19-26-56(27-20-30)39-16-12-34(28-50-39)36-15-17-40(57)53-44(36)58/h6,8-14,16,18,23,28,30,32,36H,5,7,15,17,19-22,24-27,29H2,1-4H3,(H,49,51,52)(H,53,57,58). The lowest BCUT2D eigenvalue weighted by Gasteiger charge is -2.38. The molecule has 2 N–H and O–H groups in total. The summed E-state index contributed by atoms with van der Waals surface area (Å²) in [6.07, 6.45) is 10.6. The lowest BCUT2D eigenvalue weighted by molar-refractivity contribution is -0.134. The predicted octanol–water partition coefficient (Wildman–Crippen LogP) is 9.41. The van der Waals surface area contributed by atoms with E-state index >= 15 is 4.39 Å². The van der Waals surface area contributed by atoms with E-state index in [1.807, 2.05) is 42.6 Å². The summed E-state index contributed by atoms with van der Waals surface area (Å²) in [4.78, 5) is 48.8. The summed E-state index contributed by atoms with van der Waals surface area (Å²) in [5.74, 6) is 1.75. The zero-order chi connectivity index (χ0) is 41.1. The van der Waals surface area contributed by atoms with Crippen molar-refractivity contribution >= 4 is 40.6 Å². The molecule has 3 saturated heterocycles. The quantitative estimate of drug-likeness (QED) is 0.126. The van der Waals surface area contributed by atoms with Gasteiger partial charge in [-0.3, -0.25) is 14.9 Å². The number of pyridine rings is 1. The van der Waals surface area contributed by atoms with Gasteiger partial charge >= 0.3 is 0 Å². The number of aryl methyl sites for hydroxylation is 1. The summed E-state index contributed by atoms with van der Waals surface area (Å²) in [6.45, 7) is 13.8. The van der Waals surface area contributed by atoms with Crippen molar-refractivity contribution in [2.24, 2.45) is 5.92 Å². The lowest BCUT2D eigenvalue weighted by Crippen LogP contribution is -2.41. The number of piperidine rings is 3. The molecule has 12 heteroatoms. The molecule has 3 aliphatic rings. The Labute approximate surface area is 351 Å². The van der Waals surface area contributed by atoms with E-state index in [4.69, 9.17) is 15.0 Å². The molecule has 0 bridgehead atoms. The maximum absolute atomic E-state index is 15.8. The molecule has 1 atom stereocenters. The maximum Gasteiger partial charge on any atom is 0.234 e. The van der Waals surface area contributed by atoms with Crippen molar-refractivity contribution in [3.8, 4) is 21.8 Å². The number of benzene rings is 2. The minimum atomic E-state index is -0.299. The second-order valence-corrected chi connectivity index (χ2v) is 18.4. The van der Waals surface area contributed by atoms with Crippen LogP contribution in [0.2, 0.25) is 0 Å². The third-order valence-corrected chi connectivity index (χ3v) is 13.6. The van der Waals surface area contributed by atoms with Gasteiger partial charge in [0, 0.05) is 55.1 Å². The molecule has 0 saturated carbocycles. The number of amides is 2. The highest BCUT2D eigenvalue weighted by molar-refractivity contribution is 7.15. The number of carbonyl (C=O) groups is 2. The Kier molecular flexibility index (Phi) is 12.2. The van der Waals surface area contributed by atoms with Crippen LogP contribution in [0.1, 0.15) is 106 Å². The number of carbonyl (C=O) groups excluding carboxylic acids is 2. The number of halogens is 1. The van der Waals surface area contributed by atoms with Crippen molar-refractivity contribution in [2.75, 3.05) is 42.9 Å². The lowest BCUT2D eigenvalue weighted by atomic mass is 9.88. The van der Waals surface area contributed by atoms with Gasteiger partial charge in [-0.2, -0.15) is 0 Å². The van der Waals surface area contributed by atoms with Crippen LogP contribution in [0.5, 0.6) is 0 Å². The third-order valence-electron chi connectivity index (χ3n) is 12.1. The molecule has 59 heavy (non-hydrogen) atoms. The summed E-state index contributed by atoms with van der Waals surface area (Å²) in [5, 5.41) is 6.79. The van der Waals surface area contributed by atoms with Crippen LogP contribution >= 0.6 is 11.3 Å². The van der Waals surface area contributed by atoms with Crippen LogP contribution in [-0.4, -0.2) is 69.4 Å². The van der Waals surface area contributed by atoms with Gasteiger partial charge in [-0.05, 0) is 110 Å². The van der Waals surface area contributed by atoms with Gasteiger partial charge in [0.25, 0.3) is 0 Å². The van der Waals surface area contributed by atoms with E-state index < -0.39 is 0 Å². The Morgan fingerprint density at radius 2 is 1.64 bits per heavy atom. The molecule has 0 spiro atoms. The molecule has 3 aromatic heterocycles. The smallest absolute Gasteiger partial charge is 0.234 e. The molecular weight excluding hydrogens is 760 g/mol. The maximum atomic E-state index is 15.8. The zero-order valence-electron chi connectivity index (χ0n) is 34.6. The van der Waals surface area contributed by atoms with E-state index in [0.29, 0.717) is 53.9 Å². The Hall–Kier alpha value is -5.07. The molecule has 0 aliphatic carbocycles. The summed E-state index contributed by atoms with van der Waals surface area (Å²) in [5.41, 5.74) is 5.54. The molecular formula is C47H55FN8O2S. The van der Waals surface area contributed by atoms with E-state index in [1.165, 1.54) is 5.56 Å². The summed E-state index contributed by atoms with van der Waals surface area (Å²) in [7, 11) is 0. The van der Waals surface area contributed by atoms with Crippen molar-refractivity contribution in [1.29, 1.82) is 0 Å². The van der Waals surface area contributed by atoms with Gasteiger partial charge in [0.05, 0.1) is 27.2 Å². The molecule has 8 rings (SSSR count). The summed E-state index contributed by atoms with van der Waals surface area (Å²) in [6, 6.07) is 20.2. The highest BCUT2D eigenvalue weighted by Gasteiger charge is 2.30. The third kappa shape index (κ3) is 9.39. The van der Waals surface area contributed by atoms with Crippen LogP contribution in [0.3, 0.4) is 0 Å². The predicted molar refractivity (Wildman–Crippen MR) is 234 cm³/mol. The summed E-state index contributed by atoms with van der Waals surface area (Å²) >= 11 is 1.57. The number of imide groups is 1. The van der Waals surface area contributed by atoms with Crippen LogP contribution in [0.25, 0.3) is 21.8 Å². The van der Waals surface area contributed by atoms with Crippen molar-refractivity contribution in [3.05, 3.63) is 101 Å². The minimum absolute atomic E-state index is 0.194. The first-order valence-electron chi connectivity index (χ1n) is 21.3. The highest BCUT2D eigenvalue weighted by atomic mass is 32.1. The number of thiazole rings is 1. The molecule has 3 aliphatic heterocycles.